The van der Waals surface area contributed by atoms with Crippen LogP contribution < -0.4 is 20.1 Å². The summed E-state index contributed by atoms with van der Waals surface area (Å²) in [5, 5.41) is 6.37. The summed E-state index contributed by atoms with van der Waals surface area (Å²) in [6.45, 7) is 7.65. The number of nitrogens with one attached hydrogen (secondary N) is 2. The summed E-state index contributed by atoms with van der Waals surface area (Å²) in [7, 11) is 3.19. The largest absolute Gasteiger partial charge is 0.497 e. The minimum absolute atomic E-state index is 0. The van der Waals surface area contributed by atoms with Gasteiger partial charge in [0.05, 0.1) is 7.11 Å². The second-order valence-electron chi connectivity index (χ2n) is 6.63. The van der Waals surface area contributed by atoms with E-state index in [0.29, 0.717) is 35.9 Å². The molecule has 0 fully saturated rings. The zero-order chi connectivity index (χ0) is 20.4. The van der Waals surface area contributed by atoms with E-state index in [-0.39, 0.29) is 36.3 Å². The number of guanidine groups is 1. The standard InChI is InChI=1S/C19H32F2N4O2.HI/c1-13(2)25(14(3)4)10-9-23-19(22-5)24-12-15-11-16(26-6)7-8-17(15)27-18(20)21;/h7-8,11,13-14,18H,9-10,12H2,1-6H3,(H2,22,23,24);1H. The molecule has 6 nitrogen and oxygen atoms in total. The molecule has 0 saturated heterocycles. The molecule has 9 heteroatoms. The lowest BCUT2D eigenvalue weighted by Crippen LogP contribution is -2.45. The molecule has 0 saturated carbocycles. The van der Waals surface area contributed by atoms with Crippen LogP contribution in [0.5, 0.6) is 11.5 Å². The molecule has 0 unspecified atom stereocenters. The second-order valence-corrected chi connectivity index (χ2v) is 6.63. The Morgan fingerprint density at radius 2 is 1.79 bits per heavy atom. The van der Waals surface area contributed by atoms with Gasteiger partial charge < -0.3 is 20.1 Å². The third kappa shape index (κ3) is 9.22. The first-order chi connectivity index (χ1) is 12.8. The normalized spacial score (nSPS) is 11.8. The molecule has 1 rings (SSSR count). The number of ether oxygens (including phenoxy) is 2. The van der Waals surface area contributed by atoms with Crippen LogP contribution in [0.25, 0.3) is 0 Å². The summed E-state index contributed by atoms with van der Waals surface area (Å²) in [5.41, 5.74) is 0.559. The highest BCUT2D eigenvalue weighted by Crippen LogP contribution is 2.25. The monoisotopic (exact) mass is 514 g/mol. The SMILES string of the molecule is CN=C(NCCN(C(C)C)C(C)C)NCc1cc(OC)ccc1OC(F)F.I. The highest BCUT2D eigenvalue weighted by Gasteiger charge is 2.14. The van der Waals surface area contributed by atoms with Gasteiger partial charge in [0, 0.05) is 44.3 Å². The Morgan fingerprint density at radius 1 is 1.14 bits per heavy atom. The summed E-state index contributed by atoms with van der Waals surface area (Å²) in [5.74, 6) is 1.27. The summed E-state index contributed by atoms with van der Waals surface area (Å²) < 4.78 is 35.0. The number of alkyl halides is 2. The Labute approximate surface area is 184 Å². The van der Waals surface area contributed by atoms with E-state index in [1.165, 1.54) is 13.2 Å². The van der Waals surface area contributed by atoms with Crippen molar-refractivity contribution >= 4 is 29.9 Å². The maximum absolute atomic E-state index is 12.6. The van der Waals surface area contributed by atoms with E-state index >= 15 is 0 Å². The molecule has 0 bridgehead atoms. The molecule has 2 N–H and O–H groups in total. The molecule has 0 aliphatic rings. The molecular weight excluding hydrogens is 481 g/mol. The molecule has 0 heterocycles. The first kappa shape index (κ1) is 26.6. The molecule has 1 aromatic carbocycles. The number of aliphatic imine (C=N–C) groups is 1. The van der Waals surface area contributed by atoms with Gasteiger partial charge in [-0.1, -0.05) is 0 Å². The van der Waals surface area contributed by atoms with Gasteiger partial charge in [-0.2, -0.15) is 8.78 Å². The van der Waals surface area contributed by atoms with Crippen LogP contribution in [0.2, 0.25) is 0 Å². The first-order valence-corrected chi connectivity index (χ1v) is 9.10. The molecule has 0 aliphatic heterocycles. The molecule has 28 heavy (non-hydrogen) atoms. The van der Waals surface area contributed by atoms with Crippen molar-refractivity contribution in [3.63, 3.8) is 0 Å². The van der Waals surface area contributed by atoms with Crippen molar-refractivity contribution in [2.75, 3.05) is 27.2 Å². The number of benzene rings is 1. The van der Waals surface area contributed by atoms with Crippen molar-refractivity contribution < 1.29 is 18.3 Å². The van der Waals surface area contributed by atoms with E-state index in [0.717, 1.165) is 6.54 Å². The molecule has 0 spiro atoms. The molecular formula is C19H33F2IN4O2. The summed E-state index contributed by atoms with van der Waals surface area (Å²) in [6.07, 6.45) is 0. The van der Waals surface area contributed by atoms with Gasteiger partial charge in [-0.15, -0.1) is 24.0 Å². The van der Waals surface area contributed by atoms with Gasteiger partial charge in [-0.05, 0) is 45.9 Å². The maximum Gasteiger partial charge on any atom is 0.387 e. The fourth-order valence-corrected chi connectivity index (χ4v) is 2.85. The van der Waals surface area contributed by atoms with E-state index in [1.54, 1.807) is 19.2 Å². The zero-order valence-electron chi connectivity index (χ0n) is 17.5. The predicted octanol–water partition coefficient (Wildman–Crippen LogP) is 3.70. The summed E-state index contributed by atoms with van der Waals surface area (Å²) >= 11 is 0. The predicted molar refractivity (Wildman–Crippen MR) is 120 cm³/mol. The summed E-state index contributed by atoms with van der Waals surface area (Å²) in [6, 6.07) is 5.62. The summed E-state index contributed by atoms with van der Waals surface area (Å²) in [4.78, 5) is 6.55. The number of methoxy groups -OCH3 is 1. The van der Waals surface area contributed by atoms with Crippen LogP contribution in [0, 0.1) is 0 Å². The van der Waals surface area contributed by atoms with Gasteiger partial charge in [0.25, 0.3) is 0 Å². The van der Waals surface area contributed by atoms with E-state index in [9.17, 15) is 8.78 Å². The average Bonchev–Trinajstić information content (AvgIpc) is 2.61. The van der Waals surface area contributed by atoms with Crippen LogP contribution in [-0.2, 0) is 6.54 Å². The Kier molecular flexibility index (Phi) is 13.1. The van der Waals surface area contributed by atoms with Gasteiger partial charge in [-0.25, -0.2) is 0 Å². The van der Waals surface area contributed by atoms with Gasteiger partial charge in [-0.3, -0.25) is 9.89 Å². The topological polar surface area (TPSA) is 58.1 Å². The lowest BCUT2D eigenvalue weighted by Gasteiger charge is -2.30. The Morgan fingerprint density at radius 3 is 2.29 bits per heavy atom. The Hall–Kier alpha value is -1.36. The molecule has 1 aromatic rings. The fourth-order valence-electron chi connectivity index (χ4n) is 2.85. The first-order valence-electron chi connectivity index (χ1n) is 9.10. The number of halogens is 3. The van der Waals surface area contributed by atoms with Crippen LogP contribution in [0.4, 0.5) is 8.78 Å². The molecule has 0 radical (unpaired) electrons. The smallest absolute Gasteiger partial charge is 0.387 e. The molecule has 0 amide bonds. The molecule has 0 aromatic heterocycles. The Bertz CT molecular complexity index is 593. The van der Waals surface area contributed by atoms with E-state index in [1.807, 2.05) is 0 Å². The number of hydrogen-bond acceptors (Lipinski definition) is 4. The van der Waals surface area contributed by atoms with Gasteiger partial charge >= 0.3 is 6.61 Å². The minimum atomic E-state index is -2.88. The number of hydrogen-bond donors (Lipinski definition) is 2. The van der Waals surface area contributed by atoms with E-state index in [2.05, 4.69) is 53.0 Å². The molecule has 162 valence electrons. The van der Waals surface area contributed by atoms with Crippen LogP contribution in [0.15, 0.2) is 23.2 Å². The maximum atomic E-state index is 12.6. The average molecular weight is 514 g/mol. The van der Waals surface area contributed by atoms with Gasteiger partial charge in [0.2, 0.25) is 0 Å². The highest BCUT2D eigenvalue weighted by atomic mass is 127. The van der Waals surface area contributed by atoms with E-state index in [4.69, 9.17) is 4.74 Å². The fraction of sp³-hybridized carbons (Fsp3) is 0.632. The van der Waals surface area contributed by atoms with Crippen molar-refractivity contribution in [2.24, 2.45) is 4.99 Å². The lowest BCUT2D eigenvalue weighted by molar-refractivity contribution is -0.0505. The third-order valence-corrected chi connectivity index (χ3v) is 4.14. The number of rotatable bonds is 10. The van der Waals surface area contributed by atoms with Crippen molar-refractivity contribution in [2.45, 2.75) is 52.9 Å². The molecule has 0 atom stereocenters. The van der Waals surface area contributed by atoms with Crippen molar-refractivity contribution in [1.29, 1.82) is 0 Å². The van der Waals surface area contributed by atoms with E-state index < -0.39 is 6.61 Å². The van der Waals surface area contributed by atoms with Crippen LogP contribution in [0.3, 0.4) is 0 Å². The van der Waals surface area contributed by atoms with Gasteiger partial charge in [0.1, 0.15) is 11.5 Å². The van der Waals surface area contributed by atoms with Gasteiger partial charge in [0.15, 0.2) is 5.96 Å². The van der Waals surface area contributed by atoms with Crippen molar-refractivity contribution in [3.8, 4) is 11.5 Å². The lowest BCUT2D eigenvalue weighted by atomic mass is 10.2. The Balaban J connectivity index is 0.00000729. The van der Waals surface area contributed by atoms with Crippen LogP contribution in [-0.4, -0.2) is 56.8 Å². The van der Waals surface area contributed by atoms with Crippen LogP contribution in [0.1, 0.15) is 33.3 Å². The molecule has 0 aliphatic carbocycles. The highest BCUT2D eigenvalue weighted by molar-refractivity contribution is 14.0. The number of nitrogens with zero attached hydrogens (tertiary/aromatic N) is 2. The van der Waals surface area contributed by atoms with Crippen molar-refractivity contribution in [1.82, 2.24) is 15.5 Å². The quantitative estimate of drug-likeness (QED) is 0.284. The minimum Gasteiger partial charge on any atom is -0.497 e. The van der Waals surface area contributed by atoms with Crippen molar-refractivity contribution in [3.05, 3.63) is 23.8 Å². The second kappa shape index (κ2) is 13.8. The third-order valence-electron chi connectivity index (χ3n) is 4.14. The van der Waals surface area contributed by atoms with Crippen LogP contribution >= 0.6 is 24.0 Å². The zero-order valence-corrected chi connectivity index (χ0v) is 19.8.